The first-order chi connectivity index (χ1) is 7.76. The van der Waals surface area contributed by atoms with Gasteiger partial charge in [-0.25, -0.2) is 0 Å². The molecular formula is C13H17NO2. The van der Waals surface area contributed by atoms with Crippen LogP contribution in [0.5, 0.6) is 0 Å². The molecule has 3 nitrogen and oxygen atoms in total. The summed E-state index contributed by atoms with van der Waals surface area (Å²) in [5, 5.41) is 1.08. The molecule has 2 N–H and O–H groups in total. The van der Waals surface area contributed by atoms with Gasteiger partial charge in [0.15, 0.2) is 0 Å². The summed E-state index contributed by atoms with van der Waals surface area (Å²) in [6.45, 7) is 2.05. The number of rotatable bonds is 4. The lowest BCUT2D eigenvalue weighted by molar-refractivity contribution is 0.0714. The van der Waals surface area contributed by atoms with Crippen LogP contribution in [0.2, 0.25) is 0 Å². The Labute approximate surface area is 95.2 Å². The molecule has 0 aliphatic carbocycles. The van der Waals surface area contributed by atoms with Crippen molar-refractivity contribution in [1.82, 2.24) is 0 Å². The highest BCUT2D eigenvalue weighted by molar-refractivity contribution is 5.77. The molecule has 2 aromatic rings. The zero-order valence-corrected chi connectivity index (χ0v) is 9.64. The fourth-order valence-corrected chi connectivity index (χ4v) is 1.92. The quantitative estimate of drug-likeness (QED) is 0.860. The Morgan fingerprint density at radius 1 is 1.38 bits per heavy atom. The molecule has 86 valence electrons. The van der Waals surface area contributed by atoms with E-state index < -0.39 is 0 Å². The molecular weight excluding hydrogens is 202 g/mol. The molecule has 1 heterocycles. The lowest BCUT2D eigenvalue weighted by atomic mass is 10.1. The Kier molecular flexibility index (Phi) is 3.27. The third kappa shape index (κ3) is 1.96. The van der Waals surface area contributed by atoms with Crippen LogP contribution in [-0.2, 0) is 4.74 Å². The second-order valence-electron chi connectivity index (χ2n) is 3.89. The van der Waals surface area contributed by atoms with Crippen LogP contribution in [0.4, 0.5) is 0 Å². The standard InChI is InChI=1S/C13H17NO2/c1-3-10(15-2)13(14)12-8-9-6-4-5-7-11(9)16-12/h4-8,10,13H,3,14H2,1-2H3. The van der Waals surface area contributed by atoms with Crippen molar-refractivity contribution in [3.8, 4) is 0 Å². The molecule has 0 spiro atoms. The van der Waals surface area contributed by atoms with Gasteiger partial charge < -0.3 is 14.9 Å². The normalized spacial score (nSPS) is 15.2. The zero-order valence-electron chi connectivity index (χ0n) is 9.64. The summed E-state index contributed by atoms with van der Waals surface area (Å²) in [7, 11) is 1.68. The fourth-order valence-electron chi connectivity index (χ4n) is 1.92. The first kappa shape index (κ1) is 11.2. The summed E-state index contributed by atoms with van der Waals surface area (Å²) in [4.78, 5) is 0. The van der Waals surface area contributed by atoms with Crippen LogP contribution >= 0.6 is 0 Å². The van der Waals surface area contributed by atoms with E-state index in [9.17, 15) is 0 Å². The van der Waals surface area contributed by atoms with Gasteiger partial charge in [-0.05, 0) is 18.6 Å². The van der Waals surface area contributed by atoms with Crippen molar-refractivity contribution >= 4 is 11.0 Å². The Hall–Kier alpha value is -1.32. The number of fused-ring (bicyclic) bond motifs is 1. The summed E-state index contributed by atoms with van der Waals surface area (Å²) in [6, 6.07) is 9.68. The van der Waals surface area contributed by atoms with Crippen molar-refractivity contribution in [3.63, 3.8) is 0 Å². The second kappa shape index (κ2) is 4.68. The summed E-state index contributed by atoms with van der Waals surface area (Å²) >= 11 is 0. The van der Waals surface area contributed by atoms with E-state index in [1.807, 2.05) is 30.3 Å². The van der Waals surface area contributed by atoms with Crippen molar-refractivity contribution < 1.29 is 9.15 Å². The topological polar surface area (TPSA) is 48.4 Å². The van der Waals surface area contributed by atoms with Gasteiger partial charge in [-0.15, -0.1) is 0 Å². The van der Waals surface area contributed by atoms with Gasteiger partial charge in [-0.2, -0.15) is 0 Å². The minimum Gasteiger partial charge on any atom is -0.459 e. The van der Waals surface area contributed by atoms with E-state index in [0.29, 0.717) is 0 Å². The lowest BCUT2D eigenvalue weighted by Crippen LogP contribution is -2.26. The third-order valence-corrected chi connectivity index (χ3v) is 2.88. The number of methoxy groups -OCH3 is 1. The van der Waals surface area contributed by atoms with Crippen LogP contribution in [0.1, 0.15) is 25.1 Å². The predicted molar refractivity (Wildman–Crippen MR) is 64.2 cm³/mol. The van der Waals surface area contributed by atoms with Gasteiger partial charge in [0, 0.05) is 12.5 Å². The number of nitrogens with two attached hydrogens (primary N) is 1. The first-order valence-electron chi connectivity index (χ1n) is 5.53. The van der Waals surface area contributed by atoms with Crippen LogP contribution in [0.3, 0.4) is 0 Å². The number of hydrogen-bond acceptors (Lipinski definition) is 3. The summed E-state index contributed by atoms with van der Waals surface area (Å²) in [5.74, 6) is 0.787. The molecule has 0 aliphatic heterocycles. The largest absolute Gasteiger partial charge is 0.459 e. The number of ether oxygens (including phenoxy) is 1. The Morgan fingerprint density at radius 3 is 2.75 bits per heavy atom. The maximum atomic E-state index is 6.11. The van der Waals surface area contributed by atoms with Gasteiger partial charge in [0.05, 0.1) is 12.1 Å². The van der Waals surface area contributed by atoms with E-state index in [1.165, 1.54) is 0 Å². The van der Waals surface area contributed by atoms with Gasteiger partial charge in [-0.1, -0.05) is 25.1 Å². The molecule has 0 bridgehead atoms. The van der Waals surface area contributed by atoms with Crippen molar-refractivity contribution in [1.29, 1.82) is 0 Å². The maximum Gasteiger partial charge on any atom is 0.134 e. The Morgan fingerprint density at radius 2 is 2.12 bits per heavy atom. The third-order valence-electron chi connectivity index (χ3n) is 2.88. The predicted octanol–water partition coefficient (Wildman–Crippen LogP) is 2.86. The summed E-state index contributed by atoms with van der Waals surface area (Å²) in [5.41, 5.74) is 6.98. The second-order valence-corrected chi connectivity index (χ2v) is 3.89. The minimum atomic E-state index is -0.206. The number of para-hydroxylation sites is 1. The lowest BCUT2D eigenvalue weighted by Gasteiger charge is -2.18. The molecule has 0 saturated carbocycles. The highest BCUT2D eigenvalue weighted by atomic mass is 16.5. The van der Waals surface area contributed by atoms with E-state index in [2.05, 4.69) is 6.92 Å². The highest BCUT2D eigenvalue weighted by Crippen LogP contribution is 2.26. The average Bonchev–Trinajstić information content (AvgIpc) is 2.74. The highest BCUT2D eigenvalue weighted by Gasteiger charge is 2.20. The Balaban J connectivity index is 2.32. The Bertz CT molecular complexity index is 427. The van der Waals surface area contributed by atoms with Crippen LogP contribution in [0.15, 0.2) is 34.7 Å². The molecule has 2 atom stereocenters. The van der Waals surface area contributed by atoms with Gasteiger partial charge in [0.25, 0.3) is 0 Å². The van der Waals surface area contributed by atoms with Crippen LogP contribution in [0, 0.1) is 0 Å². The number of hydrogen-bond donors (Lipinski definition) is 1. The van der Waals surface area contributed by atoms with Crippen LogP contribution in [-0.4, -0.2) is 13.2 Å². The molecule has 1 aromatic carbocycles. The minimum absolute atomic E-state index is 0.000521. The monoisotopic (exact) mass is 219 g/mol. The van der Waals surface area contributed by atoms with E-state index in [4.69, 9.17) is 14.9 Å². The average molecular weight is 219 g/mol. The van der Waals surface area contributed by atoms with E-state index in [0.717, 1.165) is 23.2 Å². The fraction of sp³-hybridized carbons (Fsp3) is 0.385. The van der Waals surface area contributed by atoms with E-state index in [1.54, 1.807) is 7.11 Å². The SMILES string of the molecule is CCC(OC)C(N)c1cc2ccccc2o1. The van der Waals surface area contributed by atoms with Crippen molar-refractivity contribution in [2.75, 3.05) is 7.11 Å². The molecule has 2 rings (SSSR count). The smallest absolute Gasteiger partial charge is 0.134 e. The van der Waals surface area contributed by atoms with E-state index >= 15 is 0 Å². The maximum absolute atomic E-state index is 6.11. The molecule has 0 saturated heterocycles. The molecule has 2 unspecified atom stereocenters. The van der Waals surface area contributed by atoms with E-state index in [-0.39, 0.29) is 12.1 Å². The van der Waals surface area contributed by atoms with Crippen molar-refractivity contribution in [2.24, 2.45) is 5.73 Å². The molecule has 1 aromatic heterocycles. The summed E-state index contributed by atoms with van der Waals surface area (Å²) in [6.07, 6.45) is 0.870. The van der Waals surface area contributed by atoms with Gasteiger partial charge >= 0.3 is 0 Å². The zero-order chi connectivity index (χ0) is 11.5. The number of benzene rings is 1. The van der Waals surface area contributed by atoms with Crippen LogP contribution < -0.4 is 5.73 Å². The van der Waals surface area contributed by atoms with Crippen molar-refractivity contribution in [2.45, 2.75) is 25.5 Å². The van der Waals surface area contributed by atoms with Gasteiger partial charge in [0.2, 0.25) is 0 Å². The molecule has 16 heavy (non-hydrogen) atoms. The molecule has 0 amide bonds. The van der Waals surface area contributed by atoms with Crippen molar-refractivity contribution in [3.05, 3.63) is 36.1 Å². The first-order valence-corrected chi connectivity index (χ1v) is 5.53. The molecule has 0 radical (unpaired) electrons. The number of furan rings is 1. The molecule has 0 fully saturated rings. The molecule has 3 heteroatoms. The molecule has 0 aliphatic rings. The van der Waals surface area contributed by atoms with Gasteiger partial charge in [0.1, 0.15) is 11.3 Å². The van der Waals surface area contributed by atoms with Crippen LogP contribution in [0.25, 0.3) is 11.0 Å². The summed E-state index contributed by atoms with van der Waals surface area (Å²) < 4.78 is 11.0. The van der Waals surface area contributed by atoms with Gasteiger partial charge in [-0.3, -0.25) is 0 Å².